The summed E-state index contributed by atoms with van der Waals surface area (Å²) < 4.78 is 22.8. The maximum Gasteiger partial charge on any atom is 0.242 e. The normalized spacial score (nSPS) is 13.8. The second-order valence-corrected chi connectivity index (χ2v) is 8.18. The summed E-state index contributed by atoms with van der Waals surface area (Å²) >= 11 is 0. The highest BCUT2D eigenvalue weighted by atomic mass is 32.2. The molecule has 0 aromatic heterocycles. The van der Waals surface area contributed by atoms with Crippen LogP contribution in [0.2, 0.25) is 0 Å². The number of carbonyl (C=O) groups is 1. The van der Waals surface area contributed by atoms with Crippen molar-refractivity contribution in [3.63, 3.8) is 0 Å². The zero-order valence-electron chi connectivity index (χ0n) is 14.0. The summed E-state index contributed by atoms with van der Waals surface area (Å²) in [4.78, 5) is 11.9. The van der Waals surface area contributed by atoms with E-state index in [1.807, 2.05) is 30.3 Å². The Morgan fingerprint density at radius 2 is 1.46 bits per heavy atom. The summed E-state index contributed by atoms with van der Waals surface area (Å²) in [6, 6.07) is 17.4. The van der Waals surface area contributed by atoms with Crippen LogP contribution in [-0.4, -0.2) is 25.8 Å². The topological polar surface area (TPSA) is 75.3 Å². The van der Waals surface area contributed by atoms with Crippen LogP contribution in [0.15, 0.2) is 54.6 Å². The molecule has 128 valence electrons. The number of anilines is 2. The van der Waals surface area contributed by atoms with Crippen LogP contribution in [0, 0.1) is 0 Å². The lowest BCUT2D eigenvalue weighted by Gasteiger charge is -2.16. The minimum Gasteiger partial charge on any atom is -0.379 e. The Kier molecular flexibility index (Phi) is 5.62. The highest BCUT2D eigenvalue weighted by molar-refractivity contribution is 7.92. The first kappa shape index (κ1) is 18.0. The van der Waals surface area contributed by atoms with Crippen LogP contribution in [0.25, 0.3) is 0 Å². The molecule has 0 aliphatic carbocycles. The van der Waals surface area contributed by atoms with Gasteiger partial charge in [0.15, 0.2) is 9.84 Å². The maximum atomic E-state index is 11.9. The van der Waals surface area contributed by atoms with E-state index in [1.165, 1.54) is 12.5 Å². The quantitative estimate of drug-likeness (QED) is 0.842. The van der Waals surface area contributed by atoms with Crippen molar-refractivity contribution in [3.8, 4) is 0 Å². The molecule has 2 rings (SSSR count). The van der Waals surface area contributed by atoms with Gasteiger partial charge in [-0.25, -0.2) is 8.42 Å². The number of amides is 1. The van der Waals surface area contributed by atoms with Crippen LogP contribution in [0.1, 0.15) is 25.5 Å². The molecule has 0 spiro atoms. The van der Waals surface area contributed by atoms with Crippen molar-refractivity contribution in [2.75, 3.05) is 16.9 Å². The predicted octanol–water partition coefficient (Wildman–Crippen LogP) is 3.23. The van der Waals surface area contributed by atoms with Crippen molar-refractivity contribution < 1.29 is 13.2 Å². The van der Waals surface area contributed by atoms with Gasteiger partial charge in [0, 0.05) is 23.7 Å². The molecule has 2 N–H and O–H groups in total. The van der Waals surface area contributed by atoms with Gasteiger partial charge in [0.2, 0.25) is 5.91 Å². The van der Waals surface area contributed by atoms with E-state index in [1.54, 1.807) is 12.1 Å². The smallest absolute Gasteiger partial charge is 0.242 e. The van der Waals surface area contributed by atoms with Gasteiger partial charge in [-0.1, -0.05) is 30.3 Å². The summed E-state index contributed by atoms with van der Waals surface area (Å²) in [7, 11) is -3.40. The predicted molar refractivity (Wildman–Crippen MR) is 97.9 cm³/mol. The van der Waals surface area contributed by atoms with Crippen LogP contribution in [0.3, 0.4) is 0 Å². The third-order valence-corrected chi connectivity index (χ3v) is 5.35. The fraction of sp³-hybridized carbons (Fsp3) is 0.278. The van der Waals surface area contributed by atoms with Crippen LogP contribution in [0.4, 0.5) is 11.4 Å². The molecule has 0 bridgehead atoms. The van der Waals surface area contributed by atoms with E-state index in [0.717, 1.165) is 11.9 Å². The SMILES string of the molecule is C[C@H](Nc1ccc(NC(=O)[C@H](C)S(C)(=O)=O)cc1)c1ccccc1. The Morgan fingerprint density at radius 1 is 0.917 bits per heavy atom. The first-order valence-electron chi connectivity index (χ1n) is 7.68. The Morgan fingerprint density at radius 3 is 2.00 bits per heavy atom. The monoisotopic (exact) mass is 346 g/mol. The average Bonchev–Trinajstić information content (AvgIpc) is 2.55. The van der Waals surface area contributed by atoms with Gasteiger partial charge in [0.1, 0.15) is 5.25 Å². The molecule has 0 fully saturated rings. The lowest BCUT2D eigenvalue weighted by atomic mass is 10.1. The first-order valence-corrected chi connectivity index (χ1v) is 9.64. The lowest BCUT2D eigenvalue weighted by molar-refractivity contribution is -0.115. The molecule has 2 atom stereocenters. The molecule has 1 amide bonds. The Balaban J connectivity index is 1.99. The second-order valence-electron chi connectivity index (χ2n) is 5.82. The number of nitrogens with one attached hydrogen (secondary N) is 2. The lowest BCUT2D eigenvalue weighted by Crippen LogP contribution is -2.31. The number of sulfone groups is 1. The van der Waals surface area contributed by atoms with Crippen molar-refractivity contribution in [2.24, 2.45) is 0 Å². The van der Waals surface area contributed by atoms with Crippen molar-refractivity contribution in [2.45, 2.75) is 25.1 Å². The first-order chi connectivity index (χ1) is 11.3. The molecule has 0 unspecified atom stereocenters. The number of benzene rings is 2. The van der Waals surface area contributed by atoms with Crippen molar-refractivity contribution >= 4 is 27.1 Å². The number of hydrogen-bond acceptors (Lipinski definition) is 4. The zero-order chi connectivity index (χ0) is 17.7. The summed E-state index contributed by atoms with van der Waals surface area (Å²) in [6.07, 6.45) is 1.05. The molecule has 6 heteroatoms. The molecular weight excluding hydrogens is 324 g/mol. The average molecular weight is 346 g/mol. The van der Waals surface area contributed by atoms with Gasteiger partial charge in [-0.15, -0.1) is 0 Å². The molecule has 0 aliphatic heterocycles. The maximum absolute atomic E-state index is 11.9. The number of carbonyl (C=O) groups excluding carboxylic acids is 1. The Hall–Kier alpha value is -2.34. The van der Waals surface area contributed by atoms with Crippen LogP contribution < -0.4 is 10.6 Å². The standard InChI is InChI=1S/C18H22N2O3S/c1-13(15-7-5-4-6-8-15)19-16-9-11-17(12-10-16)20-18(21)14(2)24(3,22)23/h4-14,19H,1-3H3,(H,20,21)/t13-,14-/m0/s1. The van der Waals surface area contributed by atoms with Crippen molar-refractivity contribution in [1.82, 2.24) is 0 Å². The zero-order valence-corrected chi connectivity index (χ0v) is 14.8. The third-order valence-electron chi connectivity index (χ3n) is 3.85. The summed E-state index contributed by atoms with van der Waals surface area (Å²) in [5, 5.41) is 4.92. The summed E-state index contributed by atoms with van der Waals surface area (Å²) in [5.74, 6) is -0.532. The van der Waals surface area contributed by atoms with E-state index >= 15 is 0 Å². The van der Waals surface area contributed by atoms with Gasteiger partial charge in [0.05, 0.1) is 0 Å². The molecule has 0 saturated carbocycles. The van der Waals surface area contributed by atoms with E-state index < -0.39 is 21.0 Å². The molecule has 0 heterocycles. The minimum absolute atomic E-state index is 0.150. The molecule has 0 aliphatic rings. The van der Waals surface area contributed by atoms with E-state index in [-0.39, 0.29) is 6.04 Å². The molecular formula is C18H22N2O3S. The van der Waals surface area contributed by atoms with Gasteiger partial charge in [-0.05, 0) is 43.7 Å². The van der Waals surface area contributed by atoms with Gasteiger partial charge in [-0.2, -0.15) is 0 Å². The van der Waals surface area contributed by atoms with Crippen molar-refractivity contribution in [3.05, 3.63) is 60.2 Å². The van der Waals surface area contributed by atoms with Crippen LogP contribution in [-0.2, 0) is 14.6 Å². The second kappa shape index (κ2) is 7.49. The summed E-state index contributed by atoms with van der Waals surface area (Å²) in [6.45, 7) is 3.45. The Bertz CT molecular complexity index is 787. The molecule has 0 saturated heterocycles. The van der Waals surface area contributed by atoms with Gasteiger partial charge >= 0.3 is 0 Å². The van der Waals surface area contributed by atoms with E-state index in [2.05, 4.69) is 29.7 Å². The van der Waals surface area contributed by atoms with E-state index in [9.17, 15) is 13.2 Å². The summed E-state index contributed by atoms with van der Waals surface area (Å²) in [5.41, 5.74) is 2.66. The van der Waals surface area contributed by atoms with E-state index in [0.29, 0.717) is 5.69 Å². The highest BCUT2D eigenvalue weighted by Crippen LogP contribution is 2.20. The molecule has 0 radical (unpaired) electrons. The van der Waals surface area contributed by atoms with E-state index in [4.69, 9.17) is 0 Å². The largest absolute Gasteiger partial charge is 0.379 e. The fourth-order valence-corrected chi connectivity index (χ4v) is 2.61. The fourth-order valence-electron chi connectivity index (χ4n) is 2.16. The van der Waals surface area contributed by atoms with Crippen LogP contribution in [0.5, 0.6) is 0 Å². The van der Waals surface area contributed by atoms with Gasteiger partial charge in [0.25, 0.3) is 0 Å². The highest BCUT2D eigenvalue weighted by Gasteiger charge is 2.23. The minimum atomic E-state index is -3.40. The van der Waals surface area contributed by atoms with Crippen molar-refractivity contribution in [1.29, 1.82) is 0 Å². The van der Waals surface area contributed by atoms with Gasteiger partial charge < -0.3 is 10.6 Å². The molecule has 5 nitrogen and oxygen atoms in total. The van der Waals surface area contributed by atoms with Crippen LogP contribution >= 0.6 is 0 Å². The number of hydrogen-bond donors (Lipinski definition) is 2. The molecule has 2 aromatic carbocycles. The molecule has 24 heavy (non-hydrogen) atoms. The third kappa shape index (κ3) is 4.83. The molecule has 2 aromatic rings. The van der Waals surface area contributed by atoms with Gasteiger partial charge in [-0.3, -0.25) is 4.79 Å². The number of rotatable bonds is 6. The Labute approximate surface area is 143 Å².